The highest BCUT2D eigenvalue weighted by atomic mass is 16.7. The van der Waals surface area contributed by atoms with Gasteiger partial charge in [0.25, 0.3) is 0 Å². The predicted octanol–water partition coefficient (Wildman–Crippen LogP) is 0.0147. The van der Waals surface area contributed by atoms with Crippen LogP contribution in [0.25, 0.3) is 0 Å². The van der Waals surface area contributed by atoms with Gasteiger partial charge in [0.15, 0.2) is 6.29 Å². The summed E-state index contributed by atoms with van der Waals surface area (Å²) >= 11 is 0. The number of carbonyl (C=O) groups is 1. The molecule has 0 aromatic rings. The van der Waals surface area contributed by atoms with Crippen molar-refractivity contribution in [2.45, 2.75) is 12.7 Å². The summed E-state index contributed by atoms with van der Waals surface area (Å²) in [5.41, 5.74) is 0. The third-order valence-corrected chi connectivity index (χ3v) is 2.44. The predicted molar refractivity (Wildman–Crippen MR) is 69.6 cm³/mol. The first kappa shape index (κ1) is 17.5. The summed E-state index contributed by atoms with van der Waals surface area (Å²) in [6, 6.07) is 0. The molecule has 0 saturated carbocycles. The first-order chi connectivity index (χ1) is 9.93. The summed E-state index contributed by atoms with van der Waals surface area (Å²) in [5.74, 6) is 0. The summed E-state index contributed by atoms with van der Waals surface area (Å²) < 4.78 is 31.5. The Balaban J connectivity index is 1.67. The highest BCUT2D eigenvalue weighted by Gasteiger charge is 2.15. The first-order valence-electron chi connectivity index (χ1n) is 6.91. The van der Waals surface area contributed by atoms with Gasteiger partial charge in [-0.2, -0.15) is 0 Å². The second-order valence-corrected chi connectivity index (χ2v) is 4.04. The summed E-state index contributed by atoms with van der Waals surface area (Å²) in [7, 11) is 0. The van der Waals surface area contributed by atoms with E-state index < -0.39 is 0 Å². The summed E-state index contributed by atoms with van der Waals surface area (Å²) in [6.07, 6.45) is 1.04. The lowest BCUT2D eigenvalue weighted by atomic mass is 10.5. The molecule has 0 unspecified atom stereocenters. The van der Waals surface area contributed by atoms with Gasteiger partial charge in [0, 0.05) is 6.42 Å². The van der Waals surface area contributed by atoms with Gasteiger partial charge >= 0.3 is 0 Å². The fourth-order valence-electron chi connectivity index (χ4n) is 1.47. The van der Waals surface area contributed by atoms with Gasteiger partial charge in [-0.05, 0) is 0 Å². The van der Waals surface area contributed by atoms with Crippen LogP contribution in [0.4, 0.5) is 0 Å². The van der Waals surface area contributed by atoms with E-state index >= 15 is 0 Å². The van der Waals surface area contributed by atoms with Crippen molar-refractivity contribution in [3.63, 3.8) is 0 Å². The normalized spacial score (nSPS) is 15.8. The number of hydrogen-bond acceptors (Lipinski definition) is 7. The number of carbonyl (C=O) groups excluding carboxylic acids is 1. The Morgan fingerprint density at radius 1 is 0.800 bits per heavy atom. The minimum Gasteiger partial charge on any atom is -0.379 e. The largest absolute Gasteiger partial charge is 0.379 e. The molecule has 7 nitrogen and oxygen atoms in total. The van der Waals surface area contributed by atoms with E-state index in [2.05, 4.69) is 0 Å². The topological polar surface area (TPSA) is 72.5 Å². The summed E-state index contributed by atoms with van der Waals surface area (Å²) in [5, 5.41) is 0. The number of aldehydes is 1. The second-order valence-electron chi connectivity index (χ2n) is 4.04. The number of hydrogen-bond donors (Lipinski definition) is 0. The lowest BCUT2D eigenvalue weighted by Crippen LogP contribution is -2.18. The van der Waals surface area contributed by atoms with Gasteiger partial charge in [-0.15, -0.1) is 0 Å². The summed E-state index contributed by atoms with van der Waals surface area (Å²) in [6.45, 7) is 5.26. The minimum atomic E-state index is -0.224. The molecule has 0 radical (unpaired) electrons. The van der Waals surface area contributed by atoms with Crippen molar-refractivity contribution in [2.75, 3.05) is 66.1 Å². The third kappa shape index (κ3) is 10.2. The van der Waals surface area contributed by atoms with Crippen molar-refractivity contribution in [2.24, 2.45) is 0 Å². The molecular formula is C13H24O7. The maximum Gasteiger partial charge on any atom is 0.181 e. The van der Waals surface area contributed by atoms with Crippen LogP contribution in [0.15, 0.2) is 0 Å². The lowest BCUT2D eigenvalue weighted by molar-refractivity contribution is -0.109. The molecule has 0 atom stereocenters. The molecule has 1 aliphatic heterocycles. The third-order valence-electron chi connectivity index (χ3n) is 2.44. The maximum absolute atomic E-state index is 10.0. The van der Waals surface area contributed by atoms with Crippen LogP contribution in [0.5, 0.6) is 0 Å². The second kappa shape index (κ2) is 13.4. The van der Waals surface area contributed by atoms with E-state index in [4.69, 9.17) is 28.4 Å². The molecule has 1 fully saturated rings. The fraction of sp³-hybridized carbons (Fsp3) is 0.923. The molecule has 0 spiro atoms. The Bertz CT molecular complexity index is 219. The molecule has 20 heavy (non-hydrogen) atoms. The monoisotopic (exact) mass is 292 g/mol. The van der Waals surface area contributed by atoms with Crippen molar-refractivity contribution in [1.29, 1.82) is 0 Å². The van der Waals surface area contributed by atoms with Crippen LogP contribution in [-0.4, -0.2) is 78.6 Å². The first-order valence-corrected chi connectivity index (χ1v) is 6.91. The molecule has 1 heterocycles. The molecule has 0 bridgehead atoms. The average molecular weight is 292 g/mol. The molecule has 0 aromatic heterocycles. The number of rotatable bonds is 14. The quantitative estimate of drug-likeness (QED) is 0.330. The molecule has 1 saturated heterocycles. The number of ether oxygens (including phenoxy) is 6. The molecule has 1 aliphatic rings. The van der Waals surface area contributed by atoms with E-state index in [1.165, 1.54) is 0 Å². The molecule has 0 aliphatic carbocycles. The highest BCUT2D eigenvalue weighted by molar-refractivity contribution is 5.49. The van der Waals surface area contributed by atoms with Crippen LogP contribution in [0.1, 0.15) is 6.42 Å². The lowest BCUT2D eigenvalue weighted by Gasteiger charge is -2.10. The Hall–Kier alpha value is -0.570. The van der Waals surface area contributed by atoms with E-state index in [0.717, 1.165) is 6.29 Å². The Kier molecular flexibility index (Phi) is 11.7. The minimum absolute atomic E-state index is 0.224. The molecule has 118 valence electrons. The van der Waals surface area contributed by atoms with Crippen molar-refractivity contribution in [3.8, 4) is 0 Å². The van der Waals surface area contributed by atoms with Gasteiger partial charge in [-0.1, -0.05) is 0 Å². The van der Waals surface area contributed by atoms with Gasteiger partial charge in [-0.3, -0.25) is 0 Å². The van der Waals surface area contributed by atoms with Crippen LogP contribution in [-0.2, 0) is 33.2 Å². The van der Waals surface area contributed by atoms with Crippen molar-refractivity contribution >= 4 is 6.29 Å². The Morgan fingerprint density at radius 3 is 1.85 bits per heavy atom. The molecule has 7 heteroatoms. The maximum atomic E-state index is 10.0. The van der Waals surface area contributed by atoms with Crippen molar-refractivity contribution < 1.29 is 33.2 Å². The van der Waals surface area contributed by atoms with E-state index in [0.29, 0.717) is 72.5 Å². The van der Waals surface area contributed by atoms with Crippen LogP contribution in [0, 0.1) is 0 Å². The van der Waals surface area contributed by atoms with Crippen LogP contribution in [0.2, 0.25) is 0 Å². The zero-order valence-corrected chi connectivity index (χ0v) is 11.8. The van der Waals surface area contributed by atoms with Crippen molar-refractivity contribution in [1.82, 2.24) is 0 Å². The van der Waals surface area contributed by atoms with Gasteiger partial charge in [-0.25, -0.2) is 0 Å². The Labute approximate surface area is 119 Å². The SMILES string of the molecule is O=CCCOCCOCCOCCOCC1OCCO1. The van der Waals surface area contributed by atoms with Gasteiger partial charge < -0.3 is 33.2 Å². The fourth-order valence-corrected chi connectivity index (χ4v) is 1.47. The molecule has 1 rings (SSSR count). The van der Waals surface area contributed by atoms with Crippen LogP contribution < -0.4 is 0 Å². The summed E-state index contributed by atoms with van der Waals surface area (Å²) in [4.78, 5) is 10.0. The van der Waals surface area contributed by atoms with E-state index in [9.17, 15) is 4.79 Å². The molecular weight excluding hydrogens is 268 g/mol. The zero-order chi connectivity index (χ0) is 14.3. The van der Waals surface area contributed by atoms with Crippen molar-refractivity contribution in [3.05, 3.63) is 0 Å². The molecule has 0 amide bonds. The van der Waals surface area contributed by atoms with Gasteiger partial charge in [0.2, 0.25) is 0 Å². The van der Waals surface area contributed by atoms with Crippen LogP contribution >= 0.6 is 0 Å². The van der Waals surface area contributed by atoms with Gasteiger partial charge in [0.05, 0.1) is 66.1 Å². The van der Waals surface area contributed by atoms with Crippen LogP contribution in [0.3, 0.4) is 0 Å². The molecule has 0 N–H and O–H groups in total. The van der Waals surface area contributed by atoms with E-state index in [-0.39, 0.29) is 6.29 Å². The highest BCUT2D eigenvalue weighted by Crippen LogP contribution is 2.03. The smallest absolute Gasteiger partial charge is 0.181 e. The van der Waals surface area contributed by atoms with E-state index in [1.807, 2.05) is 0 Å². The standard InChI is InChI=1S/C13H24O7/c14-2-1-3-15-4-5-16-6-7-17-8-9-18-12-13-19-10-11-20-13/h2,13H,1,3-12H2. The van der Waals surface area contributed by atoms with Gasteiger partial charge in [0.1, 0.15) is 6.29 Å². The Morgan fingerprint density at radius 2 is 1.30 bits per heavy atom. The van der Waals surface area contributed by atoms with E-state index in [1.54, 1.807) is 0 Å². The molecule has 0 aromatic carbocycles. The average Bonchev–Trinajstić information content (AvgIpc) is 2.97. The zero-order valence-electron chi connectivity index (χ0n) is 11.8.